The van der Waals surface area contributed by atoms with E-state index in [0.29, 0.717) is 11.3 Å². The number of methoxy groups -OCH3 is 1. The molecule has 128 valence electrons. The van der Waals surface area contributed by atoms with Gasteiger partial charge in [0, 0.05) is 24.3 Å². The molecule has 4 rings (SSSR count). The van der Waals surface area contributed by atoms with Gasteiger partial charge in [0.2, 0.25) is 0 Å². The molecule has 1 N–H and O–H groups in total. The summed E-state index contributed by atoms with van der Waals surface area (Å²) in [5.41, 5.74) is 2.32. The Morgan fingerprint density at radius 3 is 2.84 bits per heavy atom. The van der Waals surface area contributed by atoms with Crippen LogP contribution >= 0.6 is 11.3 Å². The van der Waals surface area contributed by atoms with Crippen LogP contribution in [0.25, 0.3) is 10.2 Å². The smallest absolute Gasteiger partial charge is 0.255 e. The molecule has 1 saturated heterocycles. The first-order chi connectivity index (χ1) is 12.2. The van der Waals surface area contributed by atoms with Crippen LogP contribution in [-0.2, 0) is 0 Å². The number of anilines is 2. The summed E-state index contributed by atoms with van der Waals surface area (Å²) in [4.78, 5) is 19.5. The van der Waals surface area contributed by atoms with Crippen molar-refractivity contribution in [2.75, 3.05) is 30.4 Å². The number of thiazole rings is 1. The Hall–Kier alpha value is -2.60. The monoisotopic (exact) mass is 353 g/mol. The van der Waals surface area contributed by atoms with Gasteiger partial charge in [0.25, 0.3) is 5.91 Å². The largest absolute Gasteiger partial charge is 0.497 e. The first-order valence-electron chi connectivity index (χ1n) is 8.34. The third-order valence-corrected chi connectivity index (χ3v) is 5.42. The molecule has 0 unspecified atom stereocenters. The van der Waals surface area contributed by atoms with Crippen LogP contribution in [-0.4, -0.2) is 31.1 Å². The Kier molecular flexibility index (Phi) is 4.28. The number of ether oxygens (including phenoxy) is 1. The second-order valence-electron chi connectivity index (χ2n) is 6.06. The first-order valence-corrected chi connectivity index (χ1v) is 9.15. The number of fused-ring (bicyclic) bond motifs is 1. The molecule has 0 saturated carbocycles. The molecule has 1 fully saturated rings. The fourth-order valence-electron chi connectivity index (χ4n) is 3.00. The molecule has 0 aliphatic carbocycles. The highest BCUT2D eigenvalue weighted by Crippen LogP contribution is 2.32. The molecule has 5 nitrogen and oxygen atoms in total. The van der Waals surface area contributed by atoms with Crippen molar-refractivity contribution in [1.82, 2.24) is 4.98 Å². The second kappa shape index (κ2) is 6.72. The van der Waals surface area contributed by atoms with Crippen LogP contribution in [0.2, 0.25) is 0 Å². The van der Waals surface area contributed by atoms with Gasteiger partial charge in [0.1, 0.15) is 5.75 Å². The van der Waals surface area contributed by atoms with E-state index in [1.807, 2.05) is 30.3 Å². The lowest BCUT2D eigenvalue weighted by molar-refractivity contribution is 0.102. The number of aromatic nitrogens is 1. The topological polar surface area (TPSA) is 54.5 Å². The maximum Gasteiger partial charge on any atom is 0.255 e. The van der Waals surface area contributed by atoms with Crippen LogP contribution in [0, 0.1) is 0 Å². The van der Waals surface area contributed by atoms with E-state index in [0.717, 1.165) is 34.1 Å². The zero-order chi connectivity index (χ0) is 17.2. The zero-order valence-electron chi connectivity index (χ0n) is 14.0. The van der Waals surface area contributed by atoms with Crippen LogP contribution in [0.4, 0.5) is 10.8 Å². The second-order valence-corrected chi connectivity index (χ2v) is 7.07. The van der Waals surface area contributed by atoms with Gasteiger partial charge in [0.15, 0.2) is 5.13 Å². The van der Waals surface area contributed by atoms with Crippen molar-refractivity contribution in [3.63, 3.8) is 0 Å². The van der Waals surface area contributed by atoms with Gasteiger partial charge in [-0.05, 0) is 49.2 Å². The van der Waals surface area contributed by atoms with Crippen molar-refractivity contribution in [3.8, 4) is 5.75 Å². The van der Waals surface area contributed by atoms with Crippen LogP contribution in [0.3, 0.4) is 0 Å². The average Bonchev–Trinajstić information content (AvgIpc) is 3.30. The number of carbonyl (C=O) groups is 1. The summed E-state index contributed by atoms with van der Waals surface area (Å²) in [6.45, 7) is 2.17. The number of nitrogens with zero attached hydrogens (tertiary/aromatic N) is 2. The fourth-order valence-corrected chi connectivity index (χ4v) is 4.06. The maximum absolute atomic E-state index is 12.4. The van der Waals surface area contributed by atoms with Crippen molar-refractivity contribution < 1.29 is 9.53 Å². The van der Waals surface area contributed by atoms with Gasteiger partial charge < -0.3 is 15.0 Å². The first kappa shape index (κ1) is 15.9. The molecule has 6 heteroatoms. The highest BCUT2D eigenvalue weighted by molar-refractivity contribution is 7.22. The van der Waals surface area contributed by atoms with Gasteiger partial charge >= 0.3 is 0 Å². The Labute approximate surface area is 150 Å². The number of carbonyl (C=O) groups excluding carboxylic acids is 1. The number of rotatable bonds is 4. The van der Waals surface area contributed by atoms with Crippen molar-refractivity contribution >= 4 is 38.3 Å². The predicted octanol–water partition coefficient (Wildman–Crippen LogP) is 4.16. The molecule has 1 aliphatic rings. The number of amides is 1. The van der Waals surface area contributed by atoms with E-state index >= 15 is 0 Å². The number of benzene rings is 2. The summed E-state index contributed by atoms with van der Waals surface area (Å²) in [6, 6.07) is 13.0. The summed E-state index contributed by atoms with van der Waals surface area (Å²) >= 11 is 1.68. The SMILES string of the molecule is COc1cccc(C(=O)Nc2ccc3nc(N4CCCC4)sc3c2)c1. The molecule has 0 radical (unpaired) electrons. The molecule has 1 aromatic heterocycles. The predicted molar refractivity (Wildman–Crippen MR) is 102 cm³/mol. The molecule has 3 aromatic rings. The van der Waals surface area contributed by atoms with E-state index in [2.05, 4.69) is 10.2 Å². The minimum Gasteiger partial charge on any atom is -0.497 e. The van der Waals surface area contributed by atoms with E-state index in [-0.39, 0.29) is 5.91 Å². The zero-order valence-corrected chi connectivity index (χ0v) is 14.8. The maximum atomic E-state index is 12.4. The van der Waals surface area contributed by atoms with Gasteiger partial charge in [-0.25, -0.2) is 4.98 Å². The van der Waals surface area contributed by atoms with Gasteiger partial charge in [0.05, 0.1) is 17.3 Å². The molecule has 2 aromatic carbocycles. The molecule has 1 aliphatic heterocycles. The summed E-state index contributed by atoms with van der Waals surface area (Å²) in [5.74, 6) is 0.517. The quantitative estimate of drug-likeness (QED) is 0.765. The van der Waals surface area contributed by atoms with Gasteiger partial charge in [-0.2, -0.15) is 0 Å². The molecular weight excluding hydrogens is 334 g/mol. The molecule has 1 amide bonds. The lowest BCUT2D eigenvalue weighted by Crippen LogP contribution is -2.16. The van der Waals surface area contributed by atoms with Crippen LogP contribution < -0.4 is 15.0 Å². The van der Waals surface area contributed by atoms with Gasteiger partial charge in [-0.1, -0.05) is 17.4 Å². The molecule has 0 bridgehead atoms. The van der Waals surface area contributed by atoms with E-state index in [9.17, 15) is 4.79 Å². The molecule has 25 heavy (non-hydrogen) atoms. The highest BCUT2D eigenvalue weighted by Gasteiger charge is 2.16. The average molecular weight is 353 g/mol. The van der Waals surface area contributed by atoms with Crippen molar-refractivity contribution in [2.24, 2.45) is 0 Å². The van der Waals surface area contributed by atoms with Crippen LogP contribution in [0.15, 0.2) is 42.5 Å². The van der Waals surface area contributed by atoms with E-state index in [1.165, 1.54) is 12.8 Å². The van der Waals surface area contributed by atoms with Crippen molar-refractivity contribution in [1.29, 1.82) is 0 Å². The molecular formula is C19H19N3O2S. The summed E-state index contributed by atoms with van der Waals surface area (Å²) in [6.07, 6.45) is 2.47. The summed E-state index contributed by atoms with van der Waals surface area (Å²) in [7, 11) is 1.59. The van der Waals surface area contributed by atoms with Gasteiger partial charge in [-0.3, -0.25) is 4.79 Å². The Morgan fingerprint density at radius 1 is 1.20 bits per heavy atom. The molecule has 0 spiro atoms. The number of hydrogen-bond acceptors (Lipinski definition) is 5. The number of hydrogen-bond donors (Lipinski definition) is 1. The third kappa shape index (κ3) is 3.30. The van der Waals surface area contributed by atoms with Gasteiger partial charge in [-0.15, -0.1) is 0 Å². The highest BCUT2D eigenvalue weighted by atomic mass is 32.1. The Bertz CT molecular complexity index is 916. The van der Waals surface area contributed by atoms with Crippen molar-refractivity contribution in [2.45, 2.75) is 12.8 Å². The fraction of sp³-hybridized carbons (Fsp3) is 0.263. The number of nitrogens with one attached hydrogen (secondary N) is 1. The lowest BCUT2D eigenvalue weighted by Gasteiger charge is -2.11. The normalized spacial score (nSPS) is 14.0. The minimum absolute atomic E-state index is 0.150. The summed E-state index contributed by atoms with van der Waals surface area (Å²) in [5, 5.41) is 4.02. The third-order valence-electron chi connectivity index (χ3n) is 4.34. The van der Waals surface area contributed by atoms with Crippen LogP contribution in [0.5, 0.6) is 5.75 Å². The Morgan fingerprint density at radius 2 is 2.04 bits per heavy atom. The molecule has 0 atom stereocenters. The lowest BCUT2D eigenvalue weighted by atomic mass is 10.2. The standard InChI is InChI=1S/C19H19N3O2S/c1-24-15-6-4-5-13(11-15)18(23)20-14-7-8-16-17(12-14)25-19(21-16)22-9-2-3-10-22/h4-8,11-12H,2-3,9-10H2,1H3,(H,20,23). The van der Waals surface area contributed by atoms with E-state index in [4.69, 9.17) is 9.72 Å². The van der Waals surface area contributed by atoms with Crippen molar-refractivity contribution in [3.05, 3.63) is 48.0 Å². The van der Waals surface area contributed by atoms with E-state index < -0.39 is 0 Å². The minimum atomic E-state index is -0.150. The van der Waals surface area contributed by atoms with E-state index in [1.54, 1.807) is 30.6 Å². The summed E-state index contributed by atoms with van der Waals surface area (Å²) < 4.78 is 6.26. The van der Waals surface area contributed by atoms with Crippen LogP contribution in [0.1, 0.15) is 23.2 Å². The Balaban J connectivity index is 1.55. The molecule has 2 heterocycles.